The van der Waals surface area contributed by atoms with Crippen LogP contribution in [0.25, 0.3) is 0 Å². The molecule has 0 aromatic heterocycles. The fourth-order valence-electron chi connectivity index (χ4n) is 0.617. The molecule has 5 N–H and O–H groups in total. The molecule has 0 atom stereocenters. The van der Waals surface area contributed by atoms with Gasteiger partial charge in [0.05, 0.1) is 0 Å². The summed E-state index contributed by atoms with van der Waals surface area (Å²) in [6.07, 6.45) is 0. The summed E-state index contributed by atoms with van der Waals surface area (Å²) in [4.78, 5) is 23.7. The molecule has 4 nitrogen and oxygen atoms in total. The molecular formula is C4H5F8NO3Si. The lowest BCUT2D eigenvalue weighted by molar-refractivity contribution is -0.355. The van der Waals surface area contributed by atoms with Crippen LogP contribution < -0.4 is 5.73 Å². The lowest BCUT2D eigenvalue weighted by Crippen LogP contribution is -2.73. The Morgan fingerprint density at radius 1 is 0.706 bits per heavy atom. The molecule has 0 spiro atoms. The smallest absolute Gasteiger partial charge is 0.386 e. The molecule has 0 radical (unpaired) electrons. The van der Waals surface area contributed by atoms with E-state index in [4.69, 9.17) is 14.4 Å². The third-order valence-corrected chi connectivity index (χ3v) is 2.79. The minimum absolute atomic E-state index is 3.31. The second kappa shape index (κ2) is 3.74. The molecular weight excluding hydrogens is 290 g/mol. The van der Waals surface area contributed by atoms with Gasteiger partial charge < -0.3 is 14.4 Å². The van der Waals surface area contributed by atoms with Gasteiger partial charge in [-0.1, -0.05) is 0 Å². The van der Waals surface area contributed by atoms with Crippen molar-refractivity contribution in [3.05, 3.63) is 0 Å². The van der Waals surface area contributed by atoms with Gasteiger partial charge in [-0.25, -0.2) is 0 Å². The van der Waals surface area contributed by atoms with E-state index < -0.39 is 32.2 Å². The number of rotatable bonds is 4. The van der Waals surface area contributed by atoms with Crippen LogP contribution in [0.3, 0.4) is 0 Å². The zero-order valence-electron chi connectivity index (χ0n) is 7.44. The van der Waals surface area contributed by atoms with Gasteiger partial charge in [-0.3, -0.25) is 5.73 Å². The van der Waals surface area contributed by atoms with E-state index in [-0.39, 0.29) is 0 Å². The van der Waals surface area contributed by atoms with E-state index in [9.17, 15) is 35.1 Å². The van der Waals surface area contributed by atoms with Crippen molar-refractivity contribution in [3.63, 3.8) is 0 Å². The number of hydrogen-bond donors (Lipinski definition) is 4. The van der Waals surface area contributed by atoms with Crippen LogP contribution in [0.2, 0.25) is 0 Å². The summed E-state index contributed by atoms with van der Waals surface area (Å²) in [5.41, 5.74) is -3.25. The van der Waals surface area contributed by atoms with Gasteiger partial charge in [0.15, 0.2) is 0 Å². The molecule has 17 heavy (non-hydrogen) atoms. The van der Waals surface area contributed by atoms with Crippen LogP contribution in [0, 0.1) is 0 Å². The van der Waals surface area contributed by atoms with Crippen LogP contribution in [0.5, 0.6) is 0 Å². The maximum Gasteiger partial charge on any atom is 0.574 e. The highest BCUT2D eigenvalue weighted by molar-refractivity contribution is 6.59. The Morgan fingerprint density at radius 3 is 1.18 bits per heavy atom. The monoisotopic (exact) mass is 295 g/mol. The molecule has 13 heteroatoms. The average Bonchev–Trinajstić information content (AvgIpc) is 1.98. The van der Waals surface area contributed by atoms with Gasteiger partial charge in [-0.05, 0) is 0 Å². The topological polar surface area (TPSA) is 86.7 Å². The van der Waals surface area contributed by atoms with Crippen molar-refractivity contribution >= 4 is 8.80 Å². The number of nitrogens with two attached hydrogens (primary N) is 1. The summed E-state index contributed by atoms with van der Waals surface area (Å²) in [7, 11) is -7.16. The lowest BCUT2D eigenvalue weighted by Gasteiger charge is -2.36. The summed E-state index contributed by atoms with van der Waals surface area (Å²) in [6, 6.07) is -6.07. The standard InChI is InChI=1S/C4H5F8NO3Si/c5-1(6,3(9,10)13)2(7,8)4(11,12)17(14,15)16/h14-16H,13H2. The maximum atomic E-state index is 12.5. The van der Waals surface area contributed by atoms with Crippen molar-refractivity contribution in [1.82, 2.24) is 0 Å². The van der Waals surface area contributed by atoms with Crippen molar-refractivity contribution in [1.29, 1.82) is 0 Å². The highest BCUT2D eigenvalue weighted by Gasteiger charge is 2.86. The molecule has 0 rings (SSSR count). The third-order valence-electron chi connectivity index (χ3n) is 1.63. The fraction of sp³-hybridized carbons (Fsp3) is 1.00. The third kappa shape index (κ3) is 2.24. The molecule has 0 aromatic rings. The Balaban J connectivity index is 5.73. The zero-order valence-corrected chi connectivity index (χ0v) is 8.44. The first-order chi connectivity index (χ1) is 7.00. The van der Waals surface area contributed by atoms with Crippen molar-refractivity contribution in [2.45, 2.75) is 23.4 Å². The Labute approximate surface area is 88.6 Å². The van der Waals surface area contributed by atoms with Gasteiger partial charge in [0, 0.05) is 0 Å². The summed E-state index contributed by atoms with van der Waals surface area (Å²) in [5.74, 6) is -13.8. The number of halogens is 8. The highest BCUT2D eigenvalue weighted by Crippen LogP contribution is 2.52. The Hall–Kier alpha value is -0.503. The molecule has 104 valence electrons. The van der Waals surface area contributed by atoms with Gasteiger partial charge in [-0.2, -0.15) is 35.1 Å². The quantitative estimate of drug-likeness (QED) is 0.331. The predicted molar refractivity (Wildman–Crippen MR) is 36.4 cm³/mol. The first-order valence-corrected chi connectivity index (χ1v) is 5.31. The molecule has 0 saturated heterocycles. The highest BCUT2D eigenvalue weighted by atomic mass is 28.4. The van der Waals surface area contributed by atoms with Crippen molar-refractivity contribution in [3.8, 4) is 0 Å². The molecule has 0 unspecified atom stereocenters. The summed E-state index contributed by atoms with van der Waals surface area (Å²) in [5, 5.41) is 0. The summed E-state index contributed by atoms with van der Waals surface area (Å²) in [6.45, 7) is 0. The van der Waals surface area contributed by atoms with E-state index in [1.807, 2.05) is 0 Å². The van der Waals surface area contributed by atoms with Crippen LogP contribution in [0.4, 0.5) is 35.1 Å². The largest absolute Gasteiger partial charge is 0.574 e. The van der Waals surface area contributed by atoms with Crippen molar-refractivity contribution in [2.75, 3.05) is 0 Å². The number of alkyl halides is 8. The molecule has 0 aliphatic heterocycles. The van der Waals surface area contributed by atoms with E-state index in [2.05, 4.69) is 5.73 Å². The van der Waals surface area contributed by atoms with E-state index in [0.29, 0.717) is 0 Å². The minimum Gasteiger partial charge on any atom is -0.386 e. The maximum absolute atomic E-state index is 12.5. The van der Waals surface area contributed by atoms with E-state index >= 15 is 0 Å². The lowest BCUT2D eigenvalue weighted by atomic mass is 10.1. The van der Waals surface area contributed by atoms with Gasteiger partial charge in [-0.15, -0.1) is 0 Å². The second-order valence-electron chi connectivity index (χ2n) is 2.98. The molecule has 0 heterocycles. The fourth-order valence-corrected chi connectivity index (χ4v) is 1.20. The van der Waals surface area contributed by atoms with Gasteiger partial charge >= 0.3 is 32.2 Å². The van der Waals surface area contributed by atoms with E-state index in [1.165, 1.54) is 0 Å². The Kier molecular flexibility index (Phi) is 3.63. The first-order valence-electron chi connectivity index (χ1n) is 3.47. The number of hydrogen-bond acceptors (Lipinski definition) is 4. The van der Waals surface area contributed by atoms with Gasteiger partial charge in [0.2, 0.25) is 0 Å². The van der Waals surface area contributed by atoms with Crippen LogP contribution in [-0.2, 0) is 0 Å². The predicted octanol–water partition coefficient (Wildman–Crippen LogP) is -0.101. The minimum atomic E-state index is -7.16. The Bertz CT molecular complexity index is 268. The van der Waals surface area contributed by atoms with E-state index in [0.717, 1.165) is 0 Å². The molecule has 0 aliphatic carbocycles. The Morgan fingerprint density at radius 2 is 1.00 bits per heavy atom. The molecule has 0 aliphatic rings. The van der Waals surface area contributed by atoms with Crippen LogP contribution in [0.1, 0.15) is 0 Å². The molecule has 0 saturated carbocycles. The van der Waals surface area contributed by atoms with Gasteiger partial charge in [0.1, 0.15) is 0 Å². The average molecular weight is 295 g/mol. The van der Waals surface area contributed by atoms with Crippen molar-refractivity contribution < 1.29 is 49.5 Å². The SMILES string of the molecule is NC(F)(F)C(F)(F)C(F)(F)C(F)(F)[Si](O)(O)O. The molecule has 0 aromatic carbocycles. The normalized spacial score (nSPS) is 16.2. The molecule has 0 bridgehead atoms. The zero-order chi connectivity index (χ0) is 14.5. The summed E-state index contributed by atoms with van der Waals surface area (Å²) >= 11 is 0. The van der Waals surface area contributed by atoms with E-state index in [1.54, 1.807) is 0 Å². The van der Waals surface area contributed by atoms with Gasteiger partial charge in [0.25, 0.3) is 0 Å². The first kappa shape index (κ1) is 16.5. The summed E-state index contributed by atoms with van der Waals surface area (Å²) < 4.78 is 98.2. The molecule has 0 amide bonds. The van der Waals surface area contributed by atoms with Crippen molar-refractivity contribution in [2.24, 2.45) is 5.73 Å². The molecule has 0 fully saturated rings. The van der Waals surface area contributed by atoms with Crippen LogP contribution in [-0.4, -0.2) is 46.6 Å². The second-order valence-corrected chi connectivity index (χ2v) is 4.88. The van der Waals surface area contributed by atoms with Crippen LogP contribution >= 0.6 is 0 Å². The van der Waals surface area contributed by atoms with Crippen LogP contribution in [0.15, 0.2) is 0 Å².